The summed E-state index contributed by atoms with van der Waals surface area (Å²) in [6.45, 7) is 4.17. The maximum atomic E-state index is 6.07. The second-order valence-corrected chi connectivity index (χ2v) is 7.34. The van der Waals surface area contributed by atoms with Crippen LogP contribution in [0.4, 0.5) is 0 Å². The Kier molecular flexibility index (Phi) is 3.56. The standard InChI is InChI=1S/C11H10BrClS2/c1-6-5-9(15-11(6)13)10(12)8-4-3-7(2)14-8/h3-5,10H,1-2H3. The Morgan fingerprint density at radius 2 is 1.93 bits per heavy atom. The molecule has 0 saturated carbocycles. The molecule has 2 aromatic heterocycles. The quantitative estimate of drug-likeness (QED) is 0.635. The number of aryl methyl sites for hydroxylation is 2. The molecule has 1 atom stereocenters. The van der Waals surface area contributed by atoms with Crippen LogP contribution in [0, 0.1) is 13.8 Å². The fourth-order valence-electron chi connectivity index (χ4n) is 1.34. The normalized spacial score (nSPS) is 13.1. The number of thiophene rings is 2. The number of hydrogen-bond acceptors (Lipinski definition) is 2. The molecule has 0 radical (unpaired) electrons. The van der Waals surface area contributed by atoms with Gasteiger partial charge in [-0.25, -0.2) is 0 Å². The van der Waals surface area contributed by atoms with E-state index < -0.39 is 0 Å². The molecule has 1 unspecified atom stereocenters. The van der Waals surface area contributed by atoms with Gasteiger partial charge < -0.3 is 0 Å². The molecule has 0 fully saturated rings. The van der Waals surface area contributed by atoms with Crippen molar-refractivity contribution in [2.24, 2.45) is 0 Å². The molecule has 0 aliphatic carbocycles. The van der Waals surface area contributed by atoms with Crippen molar-refractivity contribution in [1.29, 1.82) is 0 Å². The number of rotatable bonds is 2. The van der Waals surface area contributed by atoms with Crippen molar-refractivity contribution in [3.8, 4) is 0 Å². The second kappa shape index (κ2) is 4.58. The lowest BCUT2D eigenvalue weighted by Crippen LogP contribution is -1.83. The summed E-state index contributed by atoms with van der Waals surface area (Å²) < 4.78 is 0.891. The van der Waals surface area contributed by atoms with E-state index in [4.69, 9.17) is 11.6 Å². The minimum atomic E-state index is 0.285. The van der Waals surface area contributed by atoms with E-state index >= 15 is 0 Å². The Hall–Kier alpha value is 0.170. The highest BCUT2D eigenvalue weighted by Gasteiger charge is 2.15. The molecule has 0 bridgehead atoms. The molecule has 80 valence electrons. The summed E-state index contributed by atoms with van der Waals surface area (Å²) in [5.41, 5.74) is 1.16. The van der Waals surface area contributed by atoms with Crippen LogP contribution in [0.25, 0.3) is 0 Å². The van der Waals surface area contributed by atoms with Crippen molar-refractivity contribution in [1.82, 2.24) is 0 Å². The lowest BCUT2D eigenvalue weighted by atomic mass is 10.2. The van der Waals surface area contributed by atoms with Crippen LogP contribution in [0.1, 0.15) is 25.0 Å². The highest BCUT2D eigenvalue weighted by atomic mass is 79.9. The highest BCUT2D eigenvalue weighted by Crippen LogP contribution is 2.41. The van der Waals surface area contributed by atoms with Crippen LogP contribution in [-0.2, 0) is 0 Å². The molecule has 2 rings (SSSR count). The zero-order valence-corrected chi connectivity index (χ0v) is 12.4. The number of hydrogen-bond donors (Lipinski definition) is 0. The van der Waals surface area contributed by atoms with Gasteiger partial charge in [-0.2, -0.15) is 0 Å². The van der Waals surface area contributed by atoms with Crippen molar-refractivity contribution in [2.75, 3.05) is 0 Å². The van der Waals surface area contributed by atoms with Gasteiger partial charge in [0.2, 0.25) is 0 Å². The Morgan fingerprint density at radius 1 is 1.20 bits per heavy atom. The summed E-state index contributed by atoms with van der Waals surface area (Å²) in [5.74, 6) is 0. The summed E-state index contributed by atoms with van der Waals surface area (Å²) in [6, 6.07) is 6.47. The maximum Gasteiger partial charge on any atom is 0.0960 e. The molecule has 0 nitrogen and oxygen atoms in total. The largest absolute Gasteiger partial charge is 0.144 e. The third-order valence-electron chi connectivity index (χ3n) is 2.14. The molecule has 0 aliphatic rings. The summed E-state index contributed by atoms with van der Waals surface area (Å²) in [5, 5.41) is 0. The SMILES string of the molecule is Cc1ccc(C(Br)c2cc(C)c(Cl)s2)s1. The molecular weight excluding hydrogens is 312 g/mol. The zero-order chi connectivity index (χ0) is 11.0. The summed E-state index contributed by atoms with van der Waals surface area (Å²) in [4.78, 5) is 4.24. The minimum Gasteiger partial charge on any atom is -0.144 e. The lowest BCUT2D eigenvalue weighted by molar-refractivity contribution is 1.28. The van der Waals surface area contributed by atoms with Gasteiger partial charge in [-0.3, -0.25) is 0 Å². The van der Waals surface area contributed by atoms with Gasteiger partial charge in [0.15, 0.2) is 0 Å². The minimum absolute atomic E-state index is 0.285. The Morgan fingerprint density at radius 3 is 2.40 bits per heavy atom. The fraction of sp³-hybridized carbons (Fsp3) is 0.273. The van der Waals surface area contributed by atoms with Gasteiger partial charge in [0, 0.05) is 14.6 Å². The van der Waals surface area contributed by atoms with Crippen molar-refractivity contribution in [3.63, 3.8) is 0 Å². The molecule has 4 heteroatoms. The predicted molar refractivity (Wildman–Crippen MR) is 73.9 cm³/mol. The van der Waals surface area contributed by atoms with E-state index in [1.165, 1.54) is 14.6 Å². The third-order valence-corrected chi connectivity index (χ3v) is 6.42. The first-order chi connectivity index (χ1) is 7.08. The number of alkyl halides is 1. The third kappa shape index (κ3) is 2.47. The molecule has 0 amide bonds. The molecule has 0 aliphatic heterocycles. The van der Waals surface area contributed by atoms with Crippen LogP contribution in [-0.4, -0.2) is 0 Å². The molecule has 0 spiro atoms. The van der Waals surface area contributed by atoms with E-state index in [0.717, 1.165) is 9.90 Å². The average Bonchev–Trinajstić information content (AvgIpc) is 2.74. The van der Waals surface area contributed by atoms with Gasteiger partial charge in [0.1, 0.15) is 0 Å². The average molecular weight is 322 g/mol. The van der Waals surface area contributed by atoms with Crippen LogP contribution in [0.2, 0.25) is 4.34 Å². The van der Waals surface area contributed by atoms with Gasteiger partial charge in [0.25, 0.3) is 0 Å². The van der Waals surface area contributed by atoms with E-state index in [2.05, 4.69) is 41.1 Å². The van der Waals surface area contributed by atoms with Crippen molar-refractivity contribution in [2.45, 2.75) is 18.7 Å². The van der Waals surface area contributed by atoms with Gasteiger partial charge >= 0.3 is 0 Å². The molecule has 0 aromatic carbocycles. The summed E-state index contributed by atoms with van der Waals surface area (Å²) >= 11 is 13.3. The van der Waals surface area contributed by atoms with E-state index in [1.54, 1.807) is 11.3 Å². The molecule has 2 heterocycles. The van der Waals surface area contributed by atoms with Crippen molar-refractivity contribution >= 4 is 50.2 Å². The van der Waals surface area contributed by atoms with E-state index in [-0.39, 0.29) is 4.83 Å². The van der Waals surface area contributed by atoms with E-state index in [0.29, 0.717) is 0 Å². The smallest absolute Gasteiger partial charge is 0.0960 e. The monoisotopic (exact) mass is 320 g/mol. The molecule has 2 aromatic rings. The molecule has 0 N–H and O–H groups in total. The first kappa shape index (κ1) is 11.6. The van der Waals surface area contributed by atoms with Crippen LogP contribution in [0.5, 0.6) is 0 Å². The van der Waals surface area contributed by atoms with Crippen molar-refractivity contribution in [3.05, 3.63) is 42.7 Å². The van der Waals surface area contributed by atoms with Gasteiger partial charge in [-0.05, 0) is 37.6 Å². The molecule has 15 heavy (non-hydrogen) atoms. The Labute approximate surface area is 111 Å². The molecular formula is C11H10BrClS2. The van der Waals surface area contributed by atoms with Gasteiger partial charge in [-0.1, -0.05) is 27.5 Å². The van der Waals surface area contributed by atoms with E-state index in [9.17, 15) is 0 Å². The Balaban J connectivity index is 2.31. The first-order valence-corrected chi connectivity index (χ1v) is 7.47. The summed E-state index contributed by atoms with van der Waals surface area (Å²) in [7, 11) is 0. The van der Waals surface area contributed by atoms with Gasteiger partial charge in [-0.15, -0.1) is 22.7 Å². The van der Waals surface area contributed by atoms with Crippen LogP contribution >= 0.6 is 50.2 Å². The van der Waals surface area contributed by atoms with E-state index in [1.807, 2.05) is 18.3 Å². The zero-order valence-electron chi connectivity index (χ0n) is 8.38. The maximum absolute atomic E-state index is 6.07. The lowest BCUT2D eigenvalue weighted by Gasteiger charge is -2.03. The van der Waals surface area contributed by atoms with Crippen LogP contribution < -0.4 is 0 Å². The van der Waals surface area contributed by atoms with Crippen LogP contribution in [0.15, 0.2) is 18.2 Å². The topological polar surface area (TPSA) is 0 Å². The fourth-order valence-corrected chi connectivity index (χ4v) is 4.35. The Bertz CT molecular complexity index is 453. The number of halogens is 2. The summed E-state index contributed by atoms with van der Waals surface area (Å²) in [6.07, 6.45) is 0. The molecule has 0 saturated heterocycles. The van der Waals surface area contributed by atoms with Crippen molar-refractivity contribution < 1.29 is 0 Å². The van der Waals surface area contributed by atoms with Gasteiger partial charge in [0.05, 0.1) is 9.16 Å². The van der Waals surface area contributed by atoms with Crippen LogP contribution in [0.3, 0.4) is 0 Å². The predicted octanol–water partition coefficient (Wildman–Crippen LogP) is 5.56. The second-order valence-electron chi connectivity index (χ2n) is 3.42. The highest BCUT2D eigenvalue weighted by molar-refractivity contribution is 9.09. The first-order valence-electron chi connectivity index (χ1n) is 4.54.